The fraction of sp³-hybridized carbons (Fsp3) is 0.708. The summed E-state index contributed by atoms with van der Waals surface area (Å²) in [6, 6.07) is 5.25. The van der Waals surface area contributed by atoms with Gasteiger partial charge in [-0.1, -0.05) is 58.6 Å². The highest BCUT2D eigenvalue weighted by Crippen LogP contribution is 2.24. The fourth-order valence-electron chi connectivity index (χ4n) is 3.56. The molecule has 6 heteroatoms. The fourth-order valence-corrected chi connectivity index (χ4v) is 3.76. The van der Waals surface area contributed by atoms with Gasteiger partial charge in [-0.05, 0) is 62.9 Å². The molecule has 0 spiro atoms. The molecule has 0 bridgehead atoms. The van der Waals surface area contributed by atoms with E-state index in [2.05, 4.69) is 10.6 Å². The molecule has 0 saturated heterocycles. The molecule has 5 nitrogen and oxygen atoms in total. The van der Waals surface area contributed by atoms with E-state index in [9.17, 15) is 4.79 Å². The van der Waals surface area contributed by atoms with E-state index in [-0.39, 0.29) is 27.4 Å². The molecule has 0 unspecified atom stereocenters. The second-order valence-corrected chi connectivity index (χ2v) is 8.00. The zero-order chi connectivity index (χ0) is 20.0. The summed E-state index contributed by atoms with van der Waals surface area (Å²) in [6.45, 7) is 3.14. The summed E-state index contributed by atoms with van der Waals surface area (Å²) in [6.07, 6.45) is 10.5. The first-order valence-electron chi connectivity index (χ1n) is 10.7. The molecule has 1 aliphatic rings. The maximum atomic E-state index is 12.6. The van der Waals surface area contributed by atoms with E-state index in [1.54, 1.807) is 18.2 Å². The maximum Gasteiger partial charge on any atom is 0.252 e. The number of carbonyl (C=O) groups is 1. The minimum atomic E-state index is -0.122. The average molecular weight is 443 g/mol. The number of benzene rings is 1. The Hall–Kier alpha value is -1.30. The van der Waals surface area contributed by atoms with Crippen LogP contribution in [0.5, 0.6) is 5.75 Å². The number of hydrogen-bond acceptors (Lipinski definition) is 4. The van der Waals surface area contributed by atoms with E-state index >= 15 is 0 Å². The number of rotatable bonds is 11. The largest absolute Gasteiger partial charge is 0.494 e. The van der Waals surface area contributed by atoms with Crippen molar-refractivity contribution in [3.8, 4) is 5.75 Å². The van der Waals surface area contributed by atoms with Crippen molar-refractivity contribution in [3.63, 3.8) is 0 Å². The number of carbonyl (C=O) groups excluding carboxylic acids is 1. The van der Waals surface area contributed by atoms with Crippen LogP contribution >= 0.6 is 11.6 Å². The van der Waals surface area contributed by atoms with Crippen molar-refractivity contribution in [2.75, 3.05) is 32.8 Å². The molecule has 30 heavy (non-hydrogen) atoms. The second-order valence-electron chi connectivity index (χ2n) is 7.59. The highest BCUT2D eigenvalue weighted by atomic mass is 35.5. The molecule has 1 saturated carbocycles. The van der Waals surface area contributed by atoms with Gasteiger partial charge in [0.05, 0.1) is 17.2 Å². The first-order chi connectivity index (χ1) is 13.7. The smallest absolute Gasteiger partial charge is 0.252 e. The van der Waals surface area contributed by atoms with Crippen LogP contribution < -0.4 is 15.4 Å². The summed E-state index contributed by atoms with van der Waals surface area (Å²) in [5.74, 6) is 1.11. The lowest BCUT2D eigenvalue weighted by Crippen LogP contribution is -2.30. The Labute approximate surface area is 188 Å². The third-order valence-electron chi connectivity index (χ3n) is 5.24. The molecule has 1 aromatic rings. The minimum absolute atomic E-state index is 0. The van der Waals surface area contributed by atoms with Gasteiger partial charge in [0, 0.05) is 13.2 Å². The van der Waals surface area contributed by atoms with E-state index < -0.39 is 0 Å². The van der Waals surface area contributed by atoms with Crippen LogP contribution in [0.15, 0.2) is 18.2 Å². The molecule has 0 radical (unpaired) electrons. The number of aliphatic hydroxyl groups excluding tert-OH is 1. The minimum Gasteiger partial charge on any atom is -0.494 e. The molecule has 0 aromatic heterocycles. The van der Waals surface area contributed by atoms with Crippen molar-refractivity contribution in [3.05, 3.63) is 28.8 Å². The lowest BCUT2D eigenvalue weighted by molar-refractivity contribution is 0.0944. The highest BCUT2D eigenvalue weighted by molar-refractivity contribution is 6.33. The monoisotopic (exact) mass is 442 g/mol. The van der Waals surface area contributed by atoms with Crippen LogP contribution in [0.1, 0.15) is 83.0 Å². The molecule has 0 aliphatic heterocycles. The number of amides is 1. The molecular weight excluding hydrogens is 400 g/mol. The number of nitrogens with one attached hydrogen (secondary N) is 2. The van der Waals surface area contributed by atoms with Crippen molar-refractivity contribution >= 4 is 17.5 Å². The van der Waals surface area contributed by atoms with Crippen LogP contribution in [0.3, 0.4) is 0 Å². The van der Waals surface area contributed by atoms with E-state index in [1.165, 1.54) is 44.9 Å². The zero-order valence-electron chi connectivity index (χ0n) is 16.9. The third kappa shape index (κ3) is 11.2. The van der Waals surface area contributed by atoms with Gasteiger partial charge < -0.3 is 20.5 Å². The Bertz CT molecular complexity index is 576. The predicted octanol–water partition coefficient (Wildman–Crippen LogP) is 5.44. The molecule has 1 fully saturated rings. The molecule has 174 valence electrons. The van der Waals surface area contributed by atoms with E-state index in [0.717, 1.165) is 32.5 Å². The molecule has 1 aromatic carbocycles. The van der Waals surface area contributed by atoms with E-state index in [4.69, 9.17) is 21.4 Å². The molecular formula is C24H43ClN2O3. The molecule has 0 heterocycles. The van der Waals surface area contributed by atoms with Gasteiger partial charge in [0.2, 0.25) is 0 Å². The Morgan fingerprint density at radius 1 is 1.07 bits per heavy atom. The van der Waals surface area contributed by atoms with Crippen LogP contribution in [0, 0.1) is 5.92 Å². The topological polar surface area (TPSA) is 70.6 Å². The quantitative estimate of drug-likeness (QED) is 0.399. The van der Waals surface area contributed by atoms with Gasteiger partial charge in [-0.25, -0.2) is 0 Å². The maximum absolute atomic E-state index is 12.6. The van der Waals surface area contributed by atoms with Crippen LogP contribution in [0.4, 0.5) is 0 Å². The molecule has 0 atom stereocenters. The number of halogens is 1. The van der Waals surface area contributed by atoms with Crippen molar-refractivity contribution in [1.29, 1.82) is 0 Å². The first kappa shape index (κ1) is 28.7. The molecule has 1 aliphatic carbocycles. The normalized spacial score (nSPS) is 14.6. The van der Waals surface area contributed by atoms with Crippen LogP contribution in [0.2, 0.25) is 5.02 Å². The van der Waals surface area contributed by atoms with Crippen molar-refractivity contribution in [1.82, 2.24) is 10.6 Å². The Morgan fingerprint density at radius 2 is 1.73 bits per heavy atom. The molecule has 3 N–H and O–H groups in total. The summed E-state index contributed by atoms with van der Waals surface area (Å²) in [5.41, 5.74) is 0.478. The van der Waals surface area contributed by atoms with Gasteiger partial charge in [-0.2, -0.15) is 0 Å². The lowest BCUT2D eigenvalue weighted by Gasteiger charge is -2.20. The summed E-state index contributed by atoms with van der Waals surface area (Å²) in [4.78, 5) is 12.6. The van der Waals surface area contributed by atoms with Crippen molar-refractivity contribution in [2.24, 2.45) is 5.92 Å². The molecule has 2 rings (SSSR count). The van der Waals surface area contributed by atoms with Gasteiger partial charge in [0.25, 0.3) is 5.91 Å². The Morgan fingerprint density at radius 3 is 2.43 bits per heavy atom. The standard InChI is InChI=1S/C22H35ClN2O3.2CH4/c23-21-11-10-19(28-15-7-13-24-12-6-14-26)16-20(21)22(27)25-17-18-8-4-2-1-3-5-9-18;;/h10-11,16,18,24,26H,1-9,12-15,17H2,(H,25,27);2*1H4. The highest BCUT2D eigenvalue weighted by Gasteiger charge is 2.16. The van der Waals surface area contributed by atoms with Gasteiger partial charge in [0.15, 0.2) is 0 Å². The van der Waals surface area contributed by atoms with Crippen LogP contribution in [0.25, 0.3) is 0 Å². The van der Waals surface area contributed by atoms with Crippen molar-refractivity contribution in [2.45, 2.75) is 72.6 Å². The zero-order valence-corrected chi connectivity index (χ0v) is 17.6. The number of aliphatic hydroxyl groups is 1. The van der Waals surface area contributed by atoms with E-state index in [1.807, 2.05) is 0 Å². The van der Waals surface area contributed by atoms with Gasteiger partial charge in [0.1, 0.15) is 5.75 Å². The van der Waals surface area contributed by atoms with Gasteiger partial charge in [-0.3, -0.25) is 4.79 Å². The van der Waals surface area contributed by atoms with E-state index in [0.29, 0.717) is 28.9 Å². The van der Waals surface area contributed by atoms with Crippen LogP contribution in [-0.2, 0) is 0 Å². The van der Waals surface area contributed by atoms with Crippen LogP contribution in [-0.4, -0.2) is 43.9 Å². The number of hydrogen-bond donors (Lipinski definition) is 3. The lowest BCUT2D eigenvalue weighted by atomic mass is 9.91. The summed E-state index contributed by atoms with van der Waals surface area (Å²) < 4.78 is 5.76. The first-order valence-corrected chi connectivity index (χ1v) is 11.1. The third-order valence-corrected chi connectivity index (χ3v) is 5.57. The Kier molecular flexibility index (Phi) is 16.6. The van der Waals surface area contributed by atoms with Gasteiger partial charge in [-0.15, -0.1) is 0 Å². The van der Waals surface area contributed by atoms with Gasteiger partial charge >= 0.3 is 0 Å². The van der Waals surface area contributed by atoms with Crippen molar-refractivity contribution < 1.29 is 14.6 Å². The summed E-state index contributed by atoms with van der Waals surface area (Å²) in [5, 5.41) is 15.5. The average Bonchev–Trinajstić information content (AvgIpc) is 2.67. The second kappa shape index (κ2) is 17.4. The number of ether oxygens (including phenoxy) is 1. The predicted molar refractivity (Wildman–Crippen MR) is 128 cm³/mol. The Balaban J connectivity index is 0.00000420. The summed E-state index contributed by atoms with van der Waals surface area (Å²) in [7, 11) is 0. The summed E-state index contributed by atoms with van der Waals surface area (Å²) >= 11 is 6.25. The molecule has 1 amide bonds. The SMILES string of the molecule is C.C.O=C(NCC1CCCCCCC1)c1cc(OCCCNCCCO)ccc1Cl.